The molecule has 0 aliphatic carbocycles. The predicted molar refractivity (Wildman–Crippen MR) is 84.3 cm³/mol. The van der Waals surface area contributed by atoms with Crippen LogP contribution in [0.15, 0.2) is 48.7 Å². The van der Waals surface area contributed by atoms with Crippen molar-refractivity contribution in [3.05, 3.63) is 59.8 Å². The van der Waals surface area contributed by atoms with E-state index in [0.717, 1.165) is 18.8 Å². The number of pyridine rings is 1. The second-order valence-electron chi connectivity index (χ2n) is 5.71. The fourth-order valence-electron chi connectivity index (χ4n) is 2.93. The lowest BCUT2D eigenvalue weighted by Crippen LogP contribution is -2.36. The number of aromatic nitrogens is 1. The van der Waals surface area contributed by atoms with E-state index in [9.17, 15) is 4.79 Å². The Balaban J connectivity index is 1.80. The third kappa shape index (κ3) is 2.56. The van der Waals surface area contributed by atoms with E-state index in [-0.39, 0.29) is 17.7 Å². The molecule has 0 fully saturated rings. The third-order valence-corrected chi connectivity index (χ3v) is 4.46. The SMILES string of the molecule is C[C@H](C(=O)N1CCc2cccnc21)[C@H](C)c1ccccc1. The van der Waals surface area contributed by atoms with Gasteiger partial charge in [0.1, 0.15) is 5.82 Å². The molecule has 2 aromatic rings. The van der Waals surface area contributed by atoms with Crippen molar-refractivity contribution in [2.45, 2.75) is 26.2 Å². The Kier molecular flexibility index (Phi) is 3.74. The number of hydrogen-bond acceptors (Lipinski definition) is 2. The van der Waals surface area contributed by atoms with E-state index in [1.54, 1.807) is 6.20 Å². The fraction of sp³-hybridized carbons (Fsp3) is 0.333. The number of benzene rings is 1. The molecule has 0 saturated heterocycles. The summed E-state index contributed by atoms with van der Waals surface area (Å²) in [6.45, 7) is 4.88. The van der Waals surface area contributed by atoms with Crippen LogP contribution in [-0.2, 0) is 11.2 Å². The van der Waals surface area contributed by atoms with Gasteiger partial charge in [-0.15, -0.1) is 0 Å². The van der Waals surface area contributed by atoms with Crippen LogP contribution >= 0.6 is 0 Å². The van der Waals surface area contributed by atoms with Crippen molar-refractivity contribution < 1.29 is 4.79 Å². The first-order valence-corrected chi connectivity index (χ1v) is 7.48. The Morgan fingerprint density at radius 3 is 2.67 bits per heavy atom. The highest BCUT2D eigenvalue weighted by Gasteiger charge is 2.31. The number of carbonyl (C=O) groups is 1. The molecule has 0 spiro atoms. The Bertz CT molecular complexity index is 639. The van der Waals surface area contributed by atoms with Crippen LogP contribution in [0, 0.1) is 5.92 Å². The molecular weight excluding hydrogens is 260 g/mol. The van der Waals surface area contributed by atoms with Gasteiger partial charge in [0, 0.05) is 18.7 Å². The second kappa shape index (κ2) is 5.68. The lowest BCUT2D eigenvalue weighted by atomic mass is 9.88. The van der Waals surface area contributed by atoms with Gasteiger partial charge in [0.2, 0.25) is 5.91 Å². The standard InChI is InChI=1S/C18H20N2O/c1-13(15-7-4-3-5-8-15)14(2)18(21)20-12-10-16-9-6-11-19-17(16)20/h3-9,11,13-14H,10,12H2,1-2H3/t13-,14-/m0/s1. The molecule has 1 aliphatic rings. The minimum atomic E-state index is -0.0552. The molecule has 3 heteroatoms. The first-order chi connectivity index (χ1) is 10.2. The topological polar surface area (TPSA) is 33.2 Å². The number of carbonyl (C=O) groups excluding carboxylic acids is 1. The molecule has 1 aliphatic heterocycles. The van der Waals surface area contributed by atoms with Gasteiger partial charge >= 0.3 is 0 Å². The van der Waals surface area contributed by atoms with Gasteiger partial charge in [-0.1, -0.05) is 50.2 Å². The summed E-state index contributed by atoms with van der Waals surface area (Å²) in [4.78, 5) is 19.0. The van der Waals surface area contributed by atoms with E-state index in [0.29, 0.717) is 0 Å². The highest BCUT2D eigenvalue weighted by molar-refractivity contribution is 5.96. The number of fused-ring (bicyclic) bond motifs is 1. The first kappa shape index (κ1) is 13.8. The summed E-state index contributed by atoms with van der Waals surface area (Å²) in [6, 6.07) is 14.2. The van der Waals surface area contributed by atoms with Crippen LogP contribution in [0.3, 0.4) is 0 Å². The first-order valence-electron chi connectivity index (χ1n) is 7.48. The van der Waals surface area contributed by atoms with Crippen molar-refractivity contribution in [1.82, 2.24) is 4.98 Å². The average molecular weight is 280 g/mol. The predicted octanol–water partition coefficient (Wildman–Crippen LogP) is 3.41. The molecule has 2 atom stereocenters. The van der Waals surface area contributed by atoms with Crippen molar-refractivity contribution in [3.8, 4) is 0 Å². The monoisotopic (exact) mass is 280 g/mol. The van der Waals surface area contributed by atoms with Gasteiger partial charge in [-0.2, -0.15) is 0 Å². The van der Waals surface area contributed by atoms with Crippen LogP contribution in [0.25, 0.3) is 0 Å². The maximum atomic E-state index is 12.8. The van der Waals surface area contributed by atoms with Gasteiger partial charge in [-0.3, -0.25) is 9.69 Å². The average Bonchev–Trinajstić information content (AvgIpc) is 2.97. The fourth-order valence-corrected chi connectivity index (χ4v) is 2.93. The van der Waals surface area contributed by atoms with E-state index in [1.165, 1.54) is 11.1 Å². The number of hydrogen-bond donors (Lipinski definition) is 0. The summed E-state index contributed by atoms with van der Waals surface area (Å²) in [6.07, 6.45) is 2.66. The zero-order valence-electron chi connectivity index (χ0n) is 12.5. The Labute approximate surface area is 125 Å². The molecule has 0 radical (unpaired) electrons. The normalized spacial score (nSPS) is 16.4. The quantitative estimate of drug-likeness (QED) is 0.863. The van der Waals surface area contributed by atoms with Crippen LogP contribution in [0.1, 0.15) is 30.9 Å². The maximum Gasteiger partial charge on any atom is 0.231 e. The van der Waals surface area contributed by atoms with E-state index < -0.39 is 0 Å². The van der Waals surface area contributed by atoms with Crippen LogP contribution in [0.5, 0.6) is 0 Å². The van der Waals surface area contributed by atoms with Crippen molar-refractivity contribution in [2.24, 2.45) is 5.92 Å². The highest BCUT2D eigenvalue weighted by atomic mass is 16.2. The molecule has 3 rings (SSSR count). The van der Waals surface area contributed by atoms with Gasteiger partial charge in [-0.05, 0) is 29.5 Å². The van der Waals surface area contributed by atoms with E-state index >= 15 is 0 Å². The number of anilines is 1. The van der Waals surface area contributed by atoms with E-state index in [2.05, 4.69) is 30.1 Å². The highest BCUT2D eigenvalue weighted by Crippen LogP contribution is 2.31. The van der Waals surface area contributed by atoms with Gasteiger partial charge in [-0.25, -0.2) is 4.98 Å². The Hall–Kier alpha value is -2.16. The summed E-state index contributed by atoms with van der Waals surface area (Å²) in [5, 5.41) is 0. The minimum absolute atomic E-state index is 0.0552. The van der Waals surface area contributed by atoms with Crippen LogP contribution in [0.2, 0.25) is 0 Å². The molecular formula is C18H20N2O. The molecule has 0 N–H and O–H groups in total. The number of nitrogens with zero attached hydrogens (tertiary/aromatic N) is 2. The lowest BCUT2D eigenvalue weighted by Gasteiger charge is -2.25. The smallest absolute Gasteiger partial charge is 0.231 e. The molecule has 1 amide bonds. The summed E-state index contributed by atoms with van der Waals surface area (Å²) in [5.74, 6) is 1.16. The maximum absolute atomic E-state index is 12.8. The molecule has 0 bridgehead atoms. The van der Waals surface area contributed by atoms with E-state index in [4.69, 9.17) is 0 Å². The molecule has 3 nitrogen and oxygen atoms in total. The third-order valence-electron chi connectivity index (χ3n) is 4.46. The van der Waals surface area contributed by atoms with Crippen LogP contribution in [-0.4, -0.2) is 17.4 Å². The number of rotatable bonds is 3. The molecule has 0 unspecified atom stereocenters. The van der Waals surface area contributed by atoms with Crippen LogP contribution in [0.4, 0.5) is 5.82 Å². The molecule has 0 saturated carbocycles. The lowest BCUT2D eigenvalue weighted by molar-refractivity contribution is -0.122. The Morgan fingerprint density at radius 1 is 1.14 bits per heavy atom. The molecule has 2 heterocycles. The van der Waals surface area contributed by atoms with E-state index in [1.807, 2.05) is 36.1 Å². The minimum Gasteiger partial charge on any atom is -0.296 e. The molecule has 108 valence electrons. The second-order valence-corrected chi connectivity index (χ2v) is 5.71. The van der Waals surface area contributed by atoms with Gasteiger partial charge in [0.15, 0.2) is 0 Å². The van der Waals surface area contributed by atoms with Crippen molar-refractivity contribution in [2.75, 3.05) is 11.4 Å². The van der Waals surface area contributed by atoms with Crippen LogP contribution < -0.4 is 4.90 Å². The summed E-state index contributed by atoms with van der Waals surface area (Å²) in [5.41, 5.74) is 2.38. The Morgan fingerprint density at radius 2 is 1.90 bits per heavy atom. The summed E-state index contributed by atoms with van der Waals surface area (Å²) < 4.78 is 0. The van der Waals surface area contributed by atoms with Gasteiger partial charge < -0.3 is 0 Å². The molecule has 21 heavy (non-hydrogen) atoms. The molecule has 1 aromatic heterocycles. The van der Waals surface area contributed by atoms with Crippen molar-refractivity contribution in [1.29, 1.82) is 0 Å². The largest absolute Gasteiger partial charge is 0.296 e. The molecule has 1 aromatic carbocycles. The summed E-state index contributed by atoms with van der Waals surface area (Å²) >= 11 is 0. The van der Waals surface area contributed by atoms with Gasteiger partial charge in [0.25, 0.3) is 0 Å². The van der Waals surface area contributed by atoms with Crippen molar-refractivity contribution in [3.63, 3.8) is 0 Å². The zero-order chi connectivity index (χ0) is 14.8. The van der Waals surface area contributed by atoms with Gasteiger partial charge in [0.05, 0.1) is 0 Å². The number of amides is 1. The van der Waals surface area contributed by atoms with Crippen molar-refractivity contribution >= 4 is 11.7 Å². The summed E-state index contributed by atoms with van der Waals surface area (Å²) in [7, 11) is 0. The zero-order valence-corrected chi connectivity index (χ0v) is 12.5.